The summed E-state index contributed by atoms with van der Waals surface area (Å²) in [5, 5.41) is 7.28. The number of hydrogen-bond acceptors (Lipinski definition) is 5. The minimum absolute atomic E-state index is 0.327. The monoisotopic (exact) mass is 261 g/mol. The van der Waals surface area contributed by atoms with Crippen LogP contribution in [0.3, 0.4) is 0 Å². The molecular weight excluding hydrogens is 242 g/mol. The van der Waals surface area contributed by atoms with Gasteiger partial charge in [0.2, 0.25) is 5.95 Å². The highest BCUT2D eigenvalue weighted by Crippen LogP contribution is 2.15. The van der Waals surface area contributed by atoms with Gasteiger partial charge >= 0.3 is 0 Å². The molecule has 0 aliphatic carbocycles. The van der Waals surface area contributed by atoms with Gasteiger partial charge in [-0.25, -0.2) is 0 Å². The summed E-state index contributed by atoms with van der Waals surface area (Å²) < 4.78 is 5.30. The smallest absolute Gasteiger partial charge is 0.244 e. The molecule has 3 rings (SSSR count). The van der Waals surface area contributed by atoms with E-state index in [1.165, 1.54) is 0 Å². The van der Waals surface area contributed by atoms with E-state index in [0.717, 1.165) is 56.3 Å². The fourth-order valence-corrected chi connectivity index (χ4v) is 2.33. The molecule has 1 saturated heterocycles. The zero-order chi connectivity index (χ0) is 13.1. The van der Waals surface area contributed by atoms with E-state index in [2.05, 4.69) is 20.1 Å². The molecule has 0 aromatic carbocycles. The Kier molecular flexibility index (Phi) is 3.50. The number of aromatic nitrogens is 3. The van der Waals surface area contributed by atoms with Crippen molar-refractivity contribution in [1.29, 1.82) is 0 Å². The van der Waals surface area contributed by atoms with Gasteiger partial charge in [-0.05, 0) is 25.0 Å². The van der Waals surface area contributed by atoms with Crippen molar-refractivity contribution in [2.75, 3.05) is 18.0 Å². The zero-order valence-electron chi connectivity index (χ0n) is 10.9. The van der Waals surface area contributed by atoms with Crippen LogP contribution < -0.4 is 10.6 Å². The Balaban J connectivity index is 1.57. The number of piperidine rings is 1. The van der Waals surface area contributed by atoms with Crippen molar-refractivity contribution >= 4 is 5.95 Å². The molecule has 0 unspecified atom stereocenters. The molecule has 0 spiro atoms. The lowest BCUT2D eigenvalue weighted by atomic mass is 10.1. The van der Waals surface area contributed by atoms with Crippen molar-refractivity contribution in [1.82, 2.24) is 15.2 Å². The summed E-state index contributed by atoms with van der Waals surface area (Å²) in [6, 6.07) is 4.20. The van der Waals surface area contributed by atoms with E-state index >= 15 is 0 Å². The van der Waals surface area contributed by atoms with Gasteiger partial charge in [-0.3, -0.25) is 5.10 Å². The first-order valence-corrected chi connectivity index (χ1v) is 6.75. The van der Waals surface area contributed by atoms with Gasteiger partial charge in [-0.2, -0.15) is 4.98 Å². The van der Waals surface area contributed by atoms with Crippen LogP contribution in [0.15, 0.2) is 22.8 Å². The van der Waals surface area contributed by atoms with Crippen LogP contribution in [-0.4, -0.2) is 34.3 Å². The highest BCUT2D eigenvalue weighted by Gasteiger charge is 2.19. The minimum Gasteiger partial charge on any atom is -0.469 e. The topological polar surface area (TPSA) is 84.0 Å². The maximum atomic E-state index is 5.90. The summed E-state index contributed by atoms with van der Waals surface area (Å²) in [6.07, 6.45) is 5.37. The van der Waals surface area contributed by atoms with Crippen LogP contribution in [0.25, 0.3) is 0 Å². The first-order chi connectivity index (χ1) is 9.31. The van der Waals surface area contributed by atoms with Gasteiger partial charge in [0.15, 0.2) is 0 Å². The average Bonchev–Trinajstić information content (AvgIpc) is 3.09. The second kappa shape index (κ2) is 5.44. The molecule has 1 fully saturated rings. The van der Waals surface area contributed by atoms with Crippen molar-refractivity contribution in [3.05, 3.63) is 30.0 Å². The Labute approximate surface area is 112 Å². The maximum absolute atomic E-state index is 5.90. The molecule has 6 heteroatoms. The fraction of sp³-hybridized carbons (Fsp3) is 0.538. The highest BCUT2D eigenvalue weighted by atomic mass is 16.3. The molecule has 0 amide bonds. The van der Waals surface area contributed by atoms with Crippen molar-refractivity contribution < 1.29 is 4.42 Å². The molecule has 3 heterocycles. The third-order valence-corrected chi connectivity index (χ3v) is 3.53. The molecule has 3 N–H and O–H groups in total. The molecular formula is C13H19N5O. The quantitative estimate of drug-likeness (QED) is 0.861. The third-order valence-electron chi connectivity index (χ3n) is 3.53. The second-order valence-corrected chi connectivity index (χ2v) is 4.99. The number of aryl methyl sites for hydroxylation is 2. The molecule has 1 aliphatic rings. The van der Waals surface area contributed by atoms with Crippen LogP contribution in [0.5, 0.6) is 0 Å². The van der Waals surface area contributed by atoms with E-state index in [9.17, 15) is 0 Å². The van der Waals surface area contributed by atoms with Gasteiger partial charge in [0.05, 0.1) is 6.26 Å². The van der Waals surface area contributed by atoms with E-state index in [4.69, 9.17) is 10.2 Å². The van der Waals surface area contributed by atoms with E-state index in [0.29, 0.717) is 6.04 Å². The normalized spacial score (nSPS) is 17.0. The Morgan fingerprint density at radius 1 is 1.37 bits per heavy atom. The van der Waals surface area contributed by atoms with E-state index in [1.54, 1.807) is 6.26 Å². The third kappa shape index (κ3) is 2.96. The summed E-state index contributed by atoms with van der Waals surface area (Å²) >= 11 is 0. The van der Waals surface area contributed by atoms with Crippen LogP contribution in [0.4, 0.5) is 5.95 Å². The highest BCUT2D eigenvalue weighted by molar-refractivity contribution is 5.29. The van der Waals surface area contributed by atoms with Crippen LogP contribution >= 0.6 is 0 Å². The Bertz CT molecular complexity index is 499. The Morgan fingerprint density at radius 3 is 2.95 bits per heavy atom. The lowest BCUT2D eigenvalue weighted by molar-refractivity contribution is 0.495. The maximum Gasteiger partial charge on any atom is 0.244 e. The number of nitrogens with zero attached hydrogens (tertiary/aromatic N) is 3. The van der Waals surface area contributed by atoms with Gasteiger partial charge in [-0.1, -0.05) is 0 Å². The number of anilines is 1. The van der Waals surface area contributed by atoms with Gasteiger partial charge in [0, 0.05) is 32.0 Å². The molecule has 2 aromatic rings. The number of furan rings is 1. The Morgan fingerprint density at radius 2 is 2.21 bits per heavy atom. The molecule has 1 aliphatic heterocycles. The predicted molar refractivity (Wildman–Crippen MR) is 71.9 cm³/mol. The summed E-state index contributed by atoms with van der Waals surface area (Å²) in [4.78, 5) is 6.73. The standard InChI is InChI=1S/C13H19N5O/c14-10-5-7-18(8-6-10)13-15-12(16-17-13)4-3-11-2-1-9-19-11/h1-2,9-10H,3-8,14H2,(H,15,16,17). The van der Waals surface area contributed by atoms with Gasteiger partial charge in [0.25, 0.3) is 0 Å². The van der Waals surface area contributed by atoms with Crippen LogP contribution in [0, 0.1) is 0 Å². The van der Waals surface area contributed by atoms with Gasteiger partial charge in [-0.15, -0.1) is 5.10 Å². The van der Waals surface area contributed by atoms with Crippen molar-refractivity contribution in [3.63, 3.8) is 0 Å². The Hall–Kier alpha value is -1.82. The van der Waals surface area contributed by atoms with Gasteiger partial charge < -0.3 is 15.1 Å². The number of nitrogens with two attached hydrogens (primary N) is 1. The largest absolute Gasteiger partial charge is 0.469 e. The summed E-state index contributed by atoms with van der Waals surface area (Å²) in [5.74, 6) is 2.67. The second-order valence-electron chi connectivity index (χ2n) is 4.99. The van der Waals surface area contributed by atoms with Crippen LogP contribution in [0.1, 0.15) is 24.4 Å². The first-order valence-electron chi connectivity index (χ1n) is 6.75. The zero-order valence-corrected chi connectivity index (χ0v) is 10.9. The number of nitrogens with one attached hydrogen (secondary N) is 1. The van der Waals surface area contributed by atoms with Crippen molar-refractivity contribution in [2.45, 2.75) is 31.7 Å². The molecule has 0 bridgehead atoms. The van der Waals surface area contributed by atoms with Crippen molar-refractivity contribution in [3.8, 4) is 0 Å². The van der Waals surface area contributed by atoms with E-state index < -0.39 is 0 Å². The SMILES string of the molecule is NC1CCN(c2n[nH]c(CCc3ccco3)n2)CC1. The van der Waals surface area contributed by atoms with Crippen LogP contribution in [0.2, 0.25) is 0 Å². The first kappa shape index (κ1) is 12.2. The van der Waals surface area contributed by atoms with Crippen molar-refractivity contribution in [2.24, 2.45) is 5.73 Å². The lowest BCUT2D eigenvalue weighted by Gasteiger charge is -2.28. The minimum atomic E-state index is 0.327. The molecule has 19 heavy (non-hydrogen) atoms. The summed E-state index contributed by atoms with van der Waals surface area (Å²) in [6.45, 7) is 1.88. The molecule has 0 atom stereocenters. The average molecular weight is 261 g/mol. The molecule has 2 aromatic heterocycles. The predicted octanol–water partition coefficient (Wildman–Crippen LogP) is 1.11. The molecule has 102 valence electrons. The number of hydrogen-bond donors (Lipinski definition) is 2. The lowest BCUT2D eigenvalue weighted by Crippen LogP contribution is -2.40. The van der Waals surface area contributed by atoms with Gasteiger partial charge in [0.1, 0.15) is 11.6 Å². The summed E-state index contributed by atoms with van der Waals surface area (Å²) in [7, 11) is 0. The number of aromatic amines is 1. The molecule has 0 radical (unpaired) electrons. The van der Waals surface area contributed by atoms with E-state index in [1.807, 2.05) is 12.1 Å². The van der Waals surface area contributed by atoms with Crippen LogP contribution in [-0.2, 0) is 12.8 Å². The molecule has 6 nitrogen and oxygen atoms in total. The fourth-order valence-electron chi connectivity index (χ4n) is 2.33. The number of rotatable bonds is 4. The number of H-pyrrole nitrogens is 1. The summed E-state index contributed by atoms with van der Waals surface area (Å²) in [5.41, 5.74) is 5.90. The molecule has 0 saturated carbocycles. The van der Waals surface area contributed by atoms with E-state index in [-0.39, 0.29) is 0 Å².